The number of fused-ring (bicyclic) bond motifs is 1. The van der Waals surface area contributed by atoms with Gasteiger partial charge in [-0.1, -0.05) is 29.8 Å². The quantitative estimate of drug-likeness (QED) is 0.371. The van der Waals surface area contributed by atoms with Crippen LogP contribution in [0.5, 0.6) is 0 Å². The maximum atomic E-state index is 16.4. The number of hydrogen-bond acceptors (Lipinski definition) is 7. The Morgan fingerprint density at radius 3 is 2.64 bits per heavy atom. The summed E-state index contributed by atoms with van der Waals surface area (Å²) in [7, 11) is 1.71. The number of nitriles is 1. The summed E-state index contributed by atoms with van der Waals surface area (Å²) in [6, 6.07) is 11.3. The number of ether oxygens (including phenoxy) is 1. The molecule has 9 nitrogen and oxygen atoms in total. The molecule has 214 valence electrons. The maximum absolute atomic E-state index is 16.4. The van der Waals surface area contributed by atoms with Gasteiger partial charge in [-0.3, -0.25) is 19.5 Å². The van der Waals surface area contributed by atoms with Crippen LogP contribution >= 0.6 is 11.6 Å². The number of rotatable bonds is 9. The van der Waals surface area contributed by atoms with E-state index in [4.69, 9.17) is 16.3 Å². The van der Waals surface area contributed by atoms with Gasteiger partial charge in [-0.25, -0.2) is 9.37 Å². The molecule has 0 saturated heterocycles. The Morgan fingerprint density at radius 1 is 1.29 bits per heavy atom. The molecule has 6 rings (SSSR count). The standard InChI is InChI=1S/C31H27ClFN5O4/c1-37-15-26(36-18-37)28(40)20-10-24-27(25(33)11-20)31(21-3-5-22(32)6-4-21,42-17-30(16-39)8-9-30)38(29(24)41)14-23-7-2-19(12-34)13-35-23/h3-7,10-11,13,15,18-19,39H,2,8-9,14,16-17H2,1H3/t19?,31-/m1/s1. The lowest BCUT2D eigenvalue weighted by Gasteiger charge is -2.40. The van der Waals surface area contributed by atoms with E-state index in [1.165, 1.54) is 29.7 Å². The number of aliphatic hydroxyl groups is 1. The summed E-state index contributed by atoms with van der Waals surface area (Å²) in [5.41, 5.74) is -1.24. The van der Waals surface area contributed by atoms with Crippen molar-refractivity contribution in [2.75, 3.05) is 19.8 Å². The van der Waals surface area contributed by atoms with E-state index in [-0.39, 0.29) is 48.1 Å². The van der Waals surface area contributed by atoms with Gasteiger partial charge in [-0.15, -0.1) is 0 Å². The second kappa shape index (κ2) is 10.6. The highest BCUT2D eigenvalue weighted by Crippen LogP contribution is 2.52. The molecule has 1 aromatic heterocycles. The minimum atomic E-state index is -1.75. The first-order valence-electron chi connectivity index (χ1n) is 13.5. The van der Waals surface area contributed by atoms with Gasteiger partial charge in [-0.05, 0) is 43.5 Å². The summed E-state index contributed by atoms with van der Waals surface area (Å²) >= 11 is 6.21. The number of amides is 1. The van der Waals surface area contributed by atoms with Gasteiger partial charge >= 0.3 is 0 Å². The number of carbonyl (C=O) groups excluding carboxylic acids is 2. The predicted octanol–water partition coefficient (Wildman–Crippen LogP) is 4.39. The van der Waals surface area contributed by atoms with Gasteiger partial charge in [0.25, 0.3) is 5.91 Å². The van der Waals surface area contributed by atoms with Crippen LogP contribution in [0.15, 0.2) is 65.7 Å². The zero-order valence-electron chi connectivity index (χ0n) is 22.8. The number of allylic oxidation sites excluding steroid dienone is 1. The fourth-order valence-electron chi connectivity index (χ4n) is 5.44. The summed E-state index contributed by atoms with van der Waals surface area (Å²) < 4.78 is 24.7. The number of halogens is 2. The average Bonchev–Trinajstić information content (AvgIpc) is 3.59. The van der Waals surface area contributed by atoms with Gasteiger partial charge < -0.3 is 14.4 Å². The lowest BCUT2D eigenvalue weighted by atomic mass is 9.90. The molecule has 3 heterocycles. The first kappa shape index (κ1) is 28.0. The zero-order chi connectivity index (χ0) is 29.6. The van der Waals surface area contributed by atoms with E-state index in [1.54, 1.807) is 42.0 Å². The number of benzene rings is 2. The summed E-state index contributed by atoms with van der Waals surface area (Å²) in [6.45, 7) is -0.113. The number of aliphatic hydroxyl groups excluding tert-OH is 1. The largest absolute Gasteiger partial charge is 0.396 e. The minimum absolute atomic E-state index is 0.0200. The summed E-state index contributed by atoms with van der Waals surface area (Å²) in [4.78, 5) is 37.4. The van der Waals surface area contributed by atoms with Gasteiger partial charge in [-0.2, -0.15) is 5.26 Å². The number of nitrogens with zero attached hydrogens (tertiary/aromatic N) is 5. The van der Waals surface area contributed by atoms with Crippen molar-refractivity contribution in [2.45, 2.75) is 25.0 Å². The van der Waals surface area contributed by atoms with Gasteiger partial charge in [0.2, 0.25) is 5.78 Å². The van der Waals surface area contributed by atoms with Gasteiger partial charge in [0.15, 0.2) is 5.72 Å². The molecule has 0 radical (unpaired) electrons. The molecule has 42 heavy (non-hydrogen) atoms. The first-order chi connectivity index (χ1) is 20.2. The Hall–Kier alpha value is -4.17. The Morgan fingerprint density at radius 2 is 2.05 bits per heavy atom. The Bertz CT molecular complexity index is 1690. The molecular weight excluding hydrogens is 561 g/mol. The predicted molar refractivity (Wildman–Crippen MR) is 151 cm³/mol. The molecule has 2 atom stereocenters. The van der Waals surface area contributed by atoms with Crippen molar-refractivity contribution in [3.63, 3.8) is 0 Å². The van der Waals surface area contributed by atoms with Crippen LogP contribution < -0.4 is 0 Å². The molecule has 2 aliphatic heterocycles. The van der Waals surface area contributed by atoms with E-state index in [2.05, 4.69) is 16.0 Å². The molecule has 3 aliphatic rings. The van der Waals surface area contributed by atoms with Crippen LogP contribution in [-0.4, -0.2) is 57.2 Å². The topological polar surface area (TPSA) is 121 Å². The fourth-order valence-corrected chi connectivity index (χ4v) is 5.57. The molecule has 1 amide bonds. The molecule has 0 bridgehead atoms. The van der Waals surface area contributed by atoms with Crippen molar-refractivity contribution in [1.29, 1.82) is 5.26 Å². The third-order valence-corrected chi connectivity index (χ3v) is 8.37. The SMILES string of the molecule is Cn1cnc(C(=O)c2cc(F)c3c(c2)C(=O)N(CC2=CCC(C#N)C=N2)[C@@]3(OCC2(CO)CC2)c2ccc(Cl)cc2)c1. The third-order valence-electron chi connectivity index (χ3n) is 8.11. The lowest BCUT2D eigenvalue weighted by Crippen LogP contribution is -2.49. The van der Waals surface area contributed by atoms with E-state index >= 15 is 4.39 Å². The van der Waals surface area contributed by atoms with Crippen molar-refractivity contribution in [3.8, 4) is 6.07 Å². The molecule has 1 N–H and O–H groups in total. The van der Waals surface area contributed by atoms with E-state index in [0.29, 0.717) is 22.7 Å². The lowest BCUT2D eigenvalue weighted by molar-refractivity contribution is -0.124. The molecule has 3 aromatic rings. The van der Waals surface area contributed by atoms with Crippen molar-refractivity contribution in [3.05, 3.63) is 99.5 Å². The second-order valence-electron chi connectivity index (χ2n) is 11.1. The van der Waals surface area contributed by atoms with E-state index in [0.717, 1.165) is 18.9 Å². The number of aliphatic imine (C=N–C) groups is 1. The minimum Gasteiger partial charge on any atom is -0.396 e. The highest BCUT2D eigenvalue weighted by molar-refractivity contribution is 6.30. The normalized spacial score (nSPS) is 22.1. The molecule has 2 aromatic carbocycles. The van der Waals surface area contributed by atoms with Gasteiger partial charge in [0, 0.05) is 41.0 Å². The smallest absolute Gasteiger partial charge is 0.257 e. The van der Waals surface area contributed by atoms with Crippen LogP contribution in [0.2, 0.25) is 5.02 Å². The first-order valence-corrected chi connectivity index (χ1v) is 13.9. The summed E-state index contributed by atoms with van der Waals surface area (Å²) in [6.07, 6.45) is 8.17. The van der Waals surface area contributed by atoms with E-state index < -0.39 is 28.6 Å². The van der Waals surface area contributed by atoms with E-state index in [9.17, 15) is 20.0 Å². The van der Waals surface area contributed by atoms with Crippen molar-refractivity contribution < 1.29 is 23.8 Å². The van der Waals surface area contributed by atoms with Gasteiger partial charge in [0.1, 0.15) is 11.5 Å². The molecule has 11 heteroatoms. The van der Waals surface area contributed by atoms with Crippen molar-refractivity contribution in [2.24, 2.45) is 23.4 Å². The number of carbonyl (C=O) groups is 2. The zero-order valence-corrected chi connectivity index (χ0v) is 23.5. The van der Waals surface area contributed by atoms with E-state index in [1.807, 2.05) is 0 Å². The van der Waals surface area contributed by atoms with Crippen LogP contribution in [0.25, 0.3) is 0 Å². The number of ketones is 1. The maximum Gasteiger partial charge on any atom is 0.257 e. The van der Waals surface area contributed by atoms with Gasteiger partial charge in [0.05, 0.1) is 54.9 Å². The molecule has 1 aliphatic carbocycles. The average molecular weight is 588 g/mol. The Balaban J connectivity index is 1.52. The Kier molecular flexibility index (Phi) is 7.05. The number of hydrogen-bond donors (Lipinski definition) is 1. The number of aromatic nitrogens is 2. The van der Waals surface area contributed by atoms with Crippen LogP contribution in [0.4, 0.5) is 4.39 Å². The summed E-state index contributed by atoms with van der Waals surface area (Å²) in [5, 5.41) is 19.8. The third kappa shape index (κ3) is 4.73. The molecule has 0 spiro atoms. The molecule has 1 fully saturated rings. The van der Waals surface area contributed by atoms with Crippen molar-refractivity contribution in [1.82, 2.24) is 14.5 Å². The monoisotopic (exact) mass is 587 g/mol. The second-order valence-corrected chi connectivity index (χ2v) is 11.5. The Labute approximate surface area is 246 Å². The van der Waals surface area contributed by atoms with Crippen LogP contribution in [0.1, 0.15) is 56.8 Å². The highest BCUT2D eigenvalue weighted by Gasteiger charge is 2.56. The molecule has 1 saturated carbocycles. The van der Waals surface area contributed by atoms with Crippen molar-refractivity contribution >= 4 is 29.5 Å². The molecule has 1 unspecified atom stereocenters. The van der Waals surface area contributed by atoms with Crippen LogP contribution in [-0.2, 0) is 17.5 Å². The van der Waals surface area contributed by atoms with Crippen LogP contribution in [0.3, 0.4) is 0 Å². The number of aryl methyl sites for hydroxylation is 1. The number of imidazole rings is 1. The van der Waals surface area contributed by atoms with Crippen LogP contribution in [0, 0.1) is 28.5 Å². The highest BCUT2D eigenvalue weighted by atomic mass is 35.5. The fraction of sp³-hybridized carbons (Fsp3) is 0.323. The molecular formula is C31H27ClFN5O4. The summed E-state index contributed by atoms with van der Waals surface area (Å²) in [5.74, 6) is -2.26.